The lowest BCUT2D eigenvalue weighted by Crippen LogP contribution is -2.41. The predicted molar refractivity (Wildman–Crippen MR) is 56.8 cm³/mol. The predicted octanol–water partition coefficient (Wildman–Crippen LogP) is 0.217. The number of nitrogens with two attached hydrogens (primary N) is 1. The molecular weight excluding hydrogens is 162 g/mol. The third-order valence-electron chi connectivity index (χ3n) is 3.07. The monoisotopic (exact) mass is 185 g/mol. The zero-order valence-corrected chi connectivity index (χ0v) is 9.16. The zero-order chi connectivity index (χ0) is 9.84. The Hall–Kier alpha value is -0.120. The van der Waals surface area contributed by atoms with Crippen molar-refractivity contribution in [1.29, 1.82) is 0 Å². The van der Waals surface area contributed by atoms with Gasteiger partial charge >= 0.3 is 0 Å². The quantitative estimate of drug-likeness (QED) is 0.680. The standard InChI is InChI=1S/C10H23N3/c1-9-4-5-13(10(9)8-11)7-6-12(2)3/h9-10H,4-8,11H2,1-3H3. The fourth-order valence-electron chi connectivity index (χ4n) is 2.08. The van der Waals surface area contributed by atoms with E-state index in [0.29, 0.717) is 6.04 Å². The zero-order valence-electron chi connectivity index (χ0n) is 9.16. The molecule has 1 fully saturated rings. The molecule has 0 amide bonds. The van der Waals surface area contributed by atoms with Crippen LogP contribution in [0.4, 0.5) is 0 Å². The molecule has 2 unspecified atom stereocenters. The van der Waals surface area contributed by atoms with Crippen LogP contribution in [-0.4, -0.2) is 56.1 Å². The lowest BCUT2D eigenvalue weighted by atomic mass is 10.0. The van der Waals surface area contributed by atoms with Gasteiger partial charge in [-0.2, -0.15) is 0 Å². The molecule has 1 aliphatic heterocycles. The van der Waals surface area contributed by atoms with E-state index in [9.17, 15) is 0 Å². The van der Waals surface area contributed by atoms with Crippen molar-refractivity contribution in [3.05, 3.63) is 0 Å². The first kappa shape index (κ1) is 11.0. The smallest absolute Gasteiger partial charge is 0.0245 e. The summed E-state index contributed by atoms with van der Waals surface area (Å²) in [7, 11) is 4.24. The molecule has 2 N–H and O–H groups in total. The molecule has 1 rings (SSSR count). The van der Waals surface area contributed by atoms with Gasteiger partial charge in [-0.1, -0.05) is 6.92 Å². The molecule has 0 aromatic carbocycles. The van der Waals surface area contributed by atoms with Gasteiger partial charge in [-0.15, -0.1) is 0 Å². The minimum absolute atomic E-state index is 0.625. The van der Waals surface area contributed by atoms with E-state index in [1.165, 1.54) is 19.5 Å². The molecule has 1 saturated heterocycles. The van der Waals surface area contributed by atoms with Crippen LogP contribution in [0.5, 0.6) is 0 Å². The van der Waals surface area contributed by atoms with E-state index in [-0.39, 0.29) is 0 Å². The lowest BCUT2D eigenvalue weighted by molar-refractivity contribution is 0.212. The van der Waals surface area contributed by atoms with Crippen LogP contribution in [-0.2, 0) is 0 Å². The third-order valence-corrected chi connectivity index (χ3v) is 3.07. The summed E-state index contributed by atoms with van der Waals surface area (Å²) in [6.07, 6.45) is 1.31. The van der Waals surface area contributed by atoms with Gasteiger partial charge in [-0.3, -0.25) is 4.90 Å². The summed E-state index contributed by atoms with van der Waals surface area (Å²) in [6, 6.07) is 0.625. The molecule has 0 radical (unpaired) electrons. The van der Waals surface area contributed by atoms with Crippen molar-refractivity contribution in [2.45, 2.75) is 19.4 Å². The first-order valence-electron chi connectivity index (χ1n) is 5.24. The molecule has 13 heavy (non-hydrogen) atoms. The molecule has 1 heterocycles. The van der Waals surface area contributed by atoms with Crippen molar-refractivity contribution >= 4 is 0 Å². The Kier molecular flexibility index (Phi) is 4.16. The van der Waals surface area contributed by atoms with Crippen molar-refractivity contribution in [3.8, 4) is 0 Å². The molecule has 78 valence electrons. The number of likely N-dealkylation sites (tertiary alicyclic amines) is 1. The highest BCUT2D eigenvalue weighted by atomic mass is 15.2. The Bertz CT molecular complexity index is 147. The summed E-state index contributed by atoms with van der Waals surface area (Å²) < 4.78 is 0. The van der Waals surface area contributed by atoms with Crippen LogP contribution >= 0.6 is 0 Å². The van der Waals surface area contributed by atoms with Gasteiger partial charge in [-0.25, -0.2) is 0 Å². The van der Waals surface area contributed by atoms with E-state index in [1.54, 1.807) is 0 Å². The highest BCUT2D eigenvalue weighted by Crippen LogP contribution is 2.22. The van der Waals surface area contributed by atoms with Crippen molar-refractivity contribution in [2.24, 2.45) is 11.7 Å². The third kappa shape index (κ3) is 2.93. The molecule has 1 aliphatic rings. The van der Waals surface area contributed by atoms with Gasteiger partial charge in [-0.05, 0) is 33.0 Å². The van der Waals surface area contributed by atoms with Crippen molar-refractivity contribution in [3.63, 3.8) is 0 Å². The molecule has 0 aliphatic carbocycles. The van der Waals surface area contributed by atoms with Gasteiger partial charge in [0.15, 0.2) is 0 Å². The average Bonchev–Trinajstić information content (AvgIpc) is 2.42. The minimum atomic E-state index is 0.625. The van der Waals surface area contributed by atoms with Crippen LogP contribution in [0.15, 0.2) is 0 Å². The van der Waals surface area contributed by atoms with Crippen LogP contribution < -0.4 is 5.73 Å². The summed E-state index contributed by atoms with van der Waals surface area (Å²) >= 11 is 0. The Morgan fingerprint density at radius 2 is 2.15 bits per heavy atom. The molecule has 3 heteroatoms. The second-order valence-corrected chi connectivity index (χ2v) is 4.41. The second kappa shape index (κ2) is 4.94. The maximum atomic E-state index is 5.77. The molecule has 0 spiro atoms. The van der Waals surface area contributed by atoms with Crippen LogP contribution in [0.3, 0.4) is 0 Å². The molecule has 0 bridgehead atoms. The number of likely N-dealkylation sites (N-methyl/N-ethyl adjacent to an activating group) is 1. The van der Waals surface area contributed by atoms with Gasteiger partial charge in [0.1, 0.15) is 0 Å². The fourth-order valence-corrected chi connectivity index (χ4v) is 2.08. The van der Waals surface area contributed by atoms with Crippen LogP contribution in [0.2, 0.25) is 0 Å². The summed E-state index contributed by atoms with van der Waals surface area (Å²) in [5.41, 5.74) is 5.77. The number of nitrogens with zero attached hydrogens (tertiary/aromatic N) is 2. The Morgan fingerprint density at radius 1 is 1.46 bits per heavy atom. The summed E-state index contributed by atoms with van der Waals surface area (Å²) in [6.45, 7) is 6.67. The first-order chi connectivity index (χ1) is 6.15. The van der Waals surface area contributed by atoms with Crippen molar-refractivity contribution in [1.82, 2.24) is 9.80 Å². The molecule has 0 aromatic rings. The Labute approximate surface area is 81.9 Å². The molecule has 3 nitrogen and oxygen atoms in total. The fraction of sp³-hybridized carbons (Fsp3) is 1.00. The van der Waals surface area contributed by atoms with Gasteiger partial charge < -0.3 is 10.6 Å². The van der Waals surface area contributed by atoms with E-state index in [1.807, 2.05) is 0 Å². The van der Waals surface area contributed by atoms with E-state index in [2.05, 4.69) is 30.8 Å². The average molecular weight is 185 g/mol. The lowest BCUT2D eigenvalue weighted by Gasteiger charge is -2.26. The van der Waals surface area contributed by atoms with Gasteiger partial charge in [0.25, 0.3) is 0 Å². The van der Waals surface area contributed by atoms with Crippen LogP contribution in [0.1, 0.15) is 13.3 Å². The van der Waals surface area contributed by atoms with Gasteiger partial charge in [0.05, 0.1) is 0 Å². The highest BCUT2D eigenvalue weighted by Gasteiger charge is 2.29. The second-order valence-electron chi connectivity index (χ2n) is 4.41. The summed E-state index contributed by atoms with van der Waals surface area (Å²) in [5.74, 6) is 0.784. The van der Waals surface area contributed by atoms with Gasteiger partial charge in [0, 0.05) is 25.7 Å². The molecule has 0 saturated carbocycles. The molecular formula is C10H23N3. The van der Waals surface area contributed by atoms with Crippen molar-refractivity contribution in [2.75, 3.05) is 40.3 Å². The Morgan fingerprint density at radius 3 is 2.69 bits per heavy atom. The summed E-state index contributed by atoms with van der Waals surface area (Å²) in [5, 5.41) is 0. The van der Waals surface area contributed by atoms with Crippen LogP contribution in [0, 0.1) is 5.92 Å². The minimum Gasteiger partial charge on any atom is -0.329 e. The number of hydrogen-bond acceptors (Lipinski definition) is 3. The number of rotatable bonds is 4. The summed E-state index contributed by atoms with van der Waals surface area (Å²) in [4.78, 5) is 4.77. The van der Waals surface area contributed by atoms with E-state index in [4.69, 9.17) is 5.73 Å². The maximum Gasteiger partial charge on any atom is 0.0245 e. The normalized spacial score (nSPS) is 30.2. The topological polar surface area (TPSA) is 32.5 Å². The van der Waals surface area contributed by atoms with Crippen LogP contribution in [0.25, 0.3) is 0 Å². The molecule has 0 aromatic heterocycles. The first-order valence-corrected chi connectivity index (χ1v) is 5.24. The Balaban J connectivity index is 2.32. The SMILES string of the molecule is CC1CCN(CCN(C)C)C1CN. The van der Waals surface area contributed by atoms with E-state index >= 15 is 0 Å². The number of hydrogen-bond donors (Lipinski definition) is 1. The van der Waals surface area contributed by atoms with E-state index in [0.717, 1.165) is 19.0 Å². The molecule has 2 atom stereocenters. The highest BCUT2D eigenvalue weighted by molar-refractivity contribution is 4.85. The van der Waals surface area contributed by atoms with Crippen molar-refractivity contribution < 1.29 is 0 Å². The largest absolute Gasteiger partial charge is 0.329 e. The maximum absolute atomic E-state index is 5.77. The van der Waals surface area contributed by atoms with Gasteiger partial charge in [0.2, 0.25) is 0 Å². The van der Waals surface area contributed by atoms with E-state index < -0.39 is 0 Å².